The van der Waals surface area contributed by atoms with Crippen molar-refractivity contribution < 1.29 is 15.1 Å². The molecule has 5 nitrogen and oxygen atoms in total. The lowest BCUT2D eigenvalue weighted by atomic mass is 9.88. The number of nitro benzene ring substituents is 1. The van der Waals surface area contributed by atoms with Crippen molar-refractivity contribution >= 4 is 5.69 Å². The molecule has 1 atom stereocenters. The van der Waals surface area contributed by atoms with Crippen molar-refractivity contribution in [2.75, 3.05) is 0 Å². The number of benzene rings is 1. The lowest BCUT2D eigenvalue weighted by Gasteiger charge is -2.23. The summed E-state index contributed by atoms with van der Waals surface area (Å²) in [5, 5.41) is 29.5. The van der Waals surface area contributed by atoms with Crippen LogP contribution in [0.25, 0.3) is 0 Å². The van der Waals surface area contributed by atoms with Gasteiger partial charge in [0.25, 0.3) is 5.69 Å². The molecule has 0 saturated carbocycles. The molecule has 100 valence electrons. The average Bonchev–Trinajstić information content (AvgIpc) is 2.38. The van der Waals surface area contributed by atoms with E-state index in [0.717, 1.165) is 11.1 Å². The first-order chi connectivity index (χ1) is 8.89. The maximum atomic E-state index is 10.7. The highest BCUT2D eigenvalue weighted by Crippen LogP contribution is 2.31. The van der Waals surface area contributed by atoms with Crippen molar-refractivity contribution in [1.82, 2.24) is 0 Å². The topological polar surface area (TPSA) is 83.6 Å². The van der Waals surface area contributed by atoms with Gasteiger partial charge in [0.15, 0.2) is 5.79 Å². The molecule has 1 aromatic carbocycles. The van der Waals surface area contributed by atoms with E-state index in [9.17, 15) is 20.3 Å². The third-order valence-electron chi connectivity index (χ3n) is 3.26. The lowest BCUT2D eigenvalue weighted by Crippen LogP contribution is -2.26. The number of nitro groups is 1. The van der Waals surface area contributed by atoms with Gasteiger partial charge in [0.05, 0.1) is 4.92 Å². The van der Waals surface area contributed by atoms with Gasteiger partial charge >= 0.3 is 0 Å². The van der Waals surface area contributed by atoms with Gasteiger partial charge in [0.1, 0.15) is 0 Å². The van der Waals surface area contributed by atoms with Crippen molar-refractivity contribution in [1.29, 1.82) is 0 Å². The maximum Gasteiger partial charge on any atom is 0.269 e. The molecule has 0 radical (unpaired) electrons. The van der Waals surface area contributed by atoms with Gasteiger partial charge in [-0.3, -0.25) is 10.1 Å². The van der Waals surface area contributed by atoms with Gasteiger partial charge in [0, 0.05) is 24.5 Å². The second-order valence-corrected chi connectivity index (χ2v) is 4.69. The number of aliphatic hydroxyl groups is 2. The highest BCUT2D eigenvalue weighted by molar-refractivity contribution is 5.42. The van der Waals surface area contributed by atoms with Crippen LogP contribution in [0.2, 0.25) is 0 Å². The van der Waals surface area contributed by atoms with E-state index in [1.807, 2.05) is 13.0 Å². The van der Waals surface area contributed by atoms with E-state index in [4.69, 9.17) is 0 Å². The van der Waals surface area contributed by atoms with E-state index in [2.05, 4.69) is 0 Å². The van der Waals surface area contributed by atoms with E-state index in [-0.39, 0.29) is 18.0 Å². The summed E-state index contributed by atoms with van der Waals surface area (Å²) < 4.78 is 0. The minimum atomic E-state index is -1.79. The molecule has 1 unspecified atom stereocenters. The largest absolute Gasteiger partial charge is 0.362 e. The second-order valence-electron chi connectivity index (χ2n) is 4.69. The molecule has 0 fully saturated rings. The Balaban J connectivity index is 2.24. The normalized spacial score (nSPS) is 18.8. The summed E-state index contributed by atoms with van der Waals surface area (Å²) in [6, 6.07) is 6.47. The van der Waals surface area contributed by atoms with E-state index in [1.54, 1.807) is 24.3 Å². The molecule has 0 saturated heterocycles. The molecular weight excluding hydrogens is 246 g/mol. The number of rotatable bonds is 3. The second kappa shape index (κ2) is 4.95. The smallest absolute Gasteiger partial charge is 0.269 e. The van der Waals surface area contributed by atoms with E-state index < -0.39 is 10.7 Å². The first-order valence-corrected chi connectivity index (χ1v) is 5.97. The van der Waals surface area contributed by atoms with Gasteiger partial charge in [-0.2, -0.15) is 0 Å². The van der Waals surface area contributed by atoms with Gasteiger partial charge in [0.2, 0.25) is 0 Å². The van der Waals surface area contributed by atoms with Crippen LogP contribution in [0.1, 0.15) is 24.8 Å². The highest BCUT2D eigenvalue weighted by Gasteiger charge is 2.23. The zero-order valence-electron chi connectivity index (χ0n) is 10.5. The Morgan fingerprint density at radius 3 is 2.74 bits per heavy atom. The van der Waals surface area contributed by atoms with Gasteiger partial charge < -0.3 is 10.2 Å². The molecule has 0 heterocycles. The molecule has 19 heavy (non-hydrogen) atoms. The first kappa shape index (κ1) is 13.5. The molecule has 1 aromatic rings. The minimum Gasteiger partial charge on any atom is -0.362 e. The van der Waals surface area contributed by atoms with E-state index in [0.29, 0.717) is 0 Å². The standard InChI is InChI=1S/C14H15NO4/c1-10(11-5-7-14(16,17)8-6-11)12-3-2-4-13(9-12)15(18)19/h2-7,9-10,16-17H,8H2,1H3. The number of allylic oxidation sites excluding steroid dienone is 2. The Labute approximate surface area is 110 Å². The molecule has 0 bridgehead atoms. The van der Waals surface area contributed by atoms with Crippen molar-refractivity contribution in [3.8, 4) is 0 Å². The third-order valence-corrected chi connectivity index (χ3v) is 3.26. The van der Waals surface area contributed by atoms with Crippen LogP contribution in [0.15, 0.2) is 48.1 Å². The van der Waals surface area contributed by atoms with Crippen LogP contribution in [-0.4, -0.2) is 20.9 Å². The molecule has 0 aliphatic heterocycles. The Hall–Kier alpha value is -1.98. The van der Waals surface area contributed by atoms with Crippen LogP contribution in [0.3, 0.4) is 0 Å². The molecule has 2 rings (SSSR count). The molecule has 0 aromatic heterocycles. The predicted octanol–water partition coefficient (Wildman–Crippen LogP) is 2.27. The molecule has 0 spiro atoms. The summed E-state index contributed by atoms with van der Waals surface area (Å²) in [5.74, 6) is -1.82. The minimum absolute atomic E-state index is 0.0350. The maximum absolute atomic E-state index is 10.7. The van der Waals surface area contributed by atoms with E-state index >= 15 is 0 Å². The number of non-ortho nitro benzene ring substituents is 1. The fraction of sp³-hybridized carbons (Fsp3) is 0.286. The summed E-state index contributed by atoms with van der Waals surface area (Å²) in [6.07, 6.45) is 4.84. The SMILES string of the molecule is CC(C1=CCC(O)(O)C=C1)c1cccc([N+](=O)[O-])c1. The summed E-state index contributed by atoms with van der Waals surface area (Å²) in [7, 11) is 0. The molecule has 1 aliphatic rings. The summed E-state index contributed by atoms with van der Waals surface area (Å²) in [6.45, 7) is 1.93. The van der Waals surface area contributed by atoms with Crippen LogP contribution in [0.5, 0.6) is 0 Å². The Morgan fingerprint density at radius 1 is 1.42 bits per heavy atom. The Bertz CT molecular complexity index is 560. The van der Waals surface area contributed by atoms with Crippen molar-refractivity contribution in [3.63, 3.8) is 0 Å². The molecule has 0 amide bonds. The molecule has 2 N–H and O–H groups in total. The molecule has 1 aliphatic carbocycles. The molecule has 5 heteroatoms. The van der Waals surface area contributed by atoms with Gasteiger partial charge in [-0.15, -0.1) is 0 Å². The fourth-order valence-corrected chi connectivity index (χ4v) is 2.06. The Kier molecular flexibility index (Phi) is 3.50. The van der Waals surface area contributed by atoms with E-state index in [1.165, 1.54) is 12.1 Å². The van der Waals surface area contributed by atoms with Crippen LogP contribution in [0, 0.1) is 10.1 Å². The fourth-order valence-electron chi connectivity index (χ4n) is 2.06. The van der Waals surface area contributed by atoms with Gasteiger partial charge in [-0.05, 0) is 17.2 Å². The quantitative estimate of drug-likeness (QED) is 0.496. The lowest BCUT2D eigenvalue weighted by molar-refractivity contribution is -0.384. The number of nitrogens with zero attached hydrogens (tertiary/aromatic N) is 1. The Morgan fingerprint density at radius 2 is 2.16 bits per heavy atom. The summed E-state index contributed by atoms with van der Waals surface area (Å²) in [5.41, 5.74) is 1.80. The summed E-state index contributed by atoms with van der Waals surface area (Å²) in [4.78, 5) is 10.3. The monoisotopic (exact) mass is 261 g/mol. The van der Waals surface area contributed by atoms with Crippen LogP contribution in [0.4, 0.5) is 5.69 Å². The van der Waals surface area contributed by atoms with Crippen molar-refractivity contribution in [2.24, 2.45) is 0 Å². The van der Waals surface area contributed by atoms with Gasteiger partial charge in [-0.1, -0.05) is 31.2 Å². The van der Waals surface area contributed by atoms with Crippen LogP contribution >= 0.6 is 0 Å². The zero-order chi connectivity index (χ0) is 14.0. The van der Waals surface area contributed by atoms with Gasteiger partial charge in [-0.25, -0.2) is 0 Å². The van der Waals surface area contributed by atoms with Crippen molar-refractivity contribution in [2.45, 2.75) is 25.0 Å². The average molecular weight is 261 g/mol. The molecular formula is C14H15NO4. The highest BCUT2D eigenvalue weighted by atomic mass is 16.6. The third kappa shape index (κ3) is 3.07. The van der Waals surface area contributed by atoms with Crippen LogP contribution < -0.4 is 0 Å². The predicted molar refractivity (Wildman–Crippen MR) is 70.5 cm³/mol. The van der Waals surface area contributed by atoms with Crippen molar-refractivity contribution in [3.05, 3.63) is 63.7 Å². The zero-order valence-corrected chi connectivity index (χ0v) is 10.5. The summed E-state index contributed by atoms with van der Waals surface area (Å²) >= 11 is 0. The van der Waals surface area contributed by atoms with Crippen LogP contribution in [-0.2, 0) is 0 Å². The number of hydrogen-bond acceptors (Lipinski definition) is 4. The number of hydrogen-bond donors (Lipinski definition) is 2. The first-order valence-electron chi connectivity index (χ1n) is 5.97.